The minimum absolute atomic E-state index is 0.0523. The molecule has 12 nitrogen and oxygen atoms in total. The fraction of sp³-hybridized carbons (Fsp3) is 0.476. The Balaban J connectivity index is 2.89. The van der Waals surface area contributed by atoms with Crippen LogP contribution in [0, 0.1) is 5.92 Å². The number of carbonyl (C=O) groups is 5. The lowest BCUT2D eigenvalue weighted by Crippen LogP contribution is -2.58. The molecule has 0 bridgehead atoms. The average Bonchev–Trinajstić information content (AvgIpc) is 2.71. The molecule has 0 aromatic heterocycles. The summed E-state index contributed by atoms with van der Waals surface area (Å²) in [5.41, 5.74) is 11.8. The molecule has 0 aliphatic heterocycles. The monoisotopic (exact) mass is 465 g/mol. The Kier molecular flexibility index (Phi) is 10.3. The van der Waals surface area contributed by atoms with Crippen molar-refractivity contribution in [1.82, 2.24) is 16.0 Å². The summed E-state index contributed by atoms with van der Waals surface area (Å²) in [4.78, 5) is 60.2. The van der Waals surface area contributed by atoms with E-state index >= 15 is 0 Å². The van der Waals surface area contributed by atoms with Crippen LogP contribution >= 0.6 is 0 Å². The van der Waals surface area contributed by atoms with Gasteiger partial charge >= 0.3 is 5.97 Å². The summed E-state index contributed by atoms with van der Waals surface area (Å²) in [6, 6.07) is 1.26. The van der Waals surface area contributed by atoms with Gasteiger partial charge in [0, 0.05) is 0 Å². The number of nitrogens with two attached hydrogens (primary N) is 2. The Morgan fingerprint density at radius 2 is 1.48 bits per heavy atom. The molecule has 1 aromatic carbocycles. The standard InChI is InChI=1S/C21H31N5O7/c1-10(2)17(20(31)24-11(3)21(32)33)26-19(30)15(9-16(23)28)25-18(29)14(22)8-12-4-6-13(27)7-5-12/h4-7,10-11,14-15,17,27H,8-9,22H2,1-3H3,(H2,23,28)(H,24,31)(H,25,29)(H,26,30)(H,32,33). The first-order valence-corrected chi connectivity index (χ1v) is 10.3. The number of hydrogen-bond donors (Lipinski definition) is 7. The van der Waals surface area contributed by atoms with Crippen molar-refractivity contribution in [2.24, 2.45) is 17.4 Å². The van der Waals surface area contributed by atoms with Gasteiger partial charge in [0.05, 0.1) is 12.5 Å². The van der Waals surface area contributed by atoms with Gasteiger partial charge < -0.3 is 37.6 Å². The summed E-state index contributed by atoms with van der Waals surface area (Å²) in [6.45, 7) is 4.53. The van der Waals surface area contributed by atoms with E-state index in [1.807, 2.05) is 0 Å². The van der Waals surface area contributed by atoms with E-state index in [-0.39, 0.29) is 12.2 Å². The van der Waals surface area contributed by atoms with E-state index in [4.69, 9.17) is 16.6 Å². The van der Waals surface area contributed by atoms with Crippen molar-refractivity contribution in [2.75, 3.05) is 0 Å². The average molecular weight is 466 g/mol. The van der Waals surface area contributed by atoms with Gasteiger partial charge in [-0.25, -0.2) is 0 Å². The first kappa shape index (κ1) is 27.4. The smallest absolute Gasteiger partial charge is 0.325 e. The summed E-state index contributed by atoms with van der Waals surface area (Å²) < 4.78 is 0. The van der Waals surface area contributed by atoms with Crippen LogP contribution in [0.2, 0.25) is 0 Å². The molecule has 0 fully saturated rings. The van der Waals surface area contributed by atoms with Gasteiger partial charge in [-0.3, -0.25) is 24.0 Å². The molecular formula is C21H31N5O7. The van der Waals surface area contributed by atoms with E-state index in [9.17, 15) is 29.1 Å². The van der Waals surface area contributed by atoms with Crippen molar-refractivity contribution < 1.29 is 34.2 Å². The number of hydrogen-bond acceptors (Lipinski definition) is 7. The summed E-state index contributed by atoms with van der Waals surface area (Å²) in [6.07, 6.45) is -0.442. The van der Waals surface area contributed by atoms with Crippen LogP contribution in [-0.4, -0.2) is 64.0 Å². The Labute approximate surface area is 191 Å². The third-order valence-corrected chi connectivity index (χ3v) is 4.74. The quantitative estimate of drug-likeness (QED) is 0.189. The number of carboxylic acid groups (broad SMARTS) is 1. The first-order valence-electron chi connectivity index (χ1n) is 10.3. The SMILES string of the molecule is CC(NC(=O)C(NC(=O)C(CC(N)=O)NC(=O)C(N)Cc1ccc(O)cc1)C(C)C)C(=O)O. The topological polar surface area (TPSA) is 214 Å². The van der Waals surface area contributed by atoms with Crippen molar-refractivity contribution in [3.05, 3.63) is 29.8 Å². The molecule has 9 N–H and O–H groups in total. The van der Waals surface area contributed by atoms with Gasteiger partial charge in [0.1, 0.15) is 23.9 Å². The number of phenols is 1. The lowest BCUT2D eigenvalue weighted by Gasteiger charge is -2.26. The second kappa shape index (κ2) is 12.4. The van der Waals surface area contributed by atoms with Crippen molar-refractivity contribution in [3.63, 3.8) is 0 Å². The van der Waals surface area contributed by atoms with Crippen molar-refractivity contribution >= 4 is 29.6 Å². The van der Waals surface area contributed by atoms with Gasteiger partial charge in [0.2, 0.25) is 23.6 Å². The molecule has 0 saturated heterocycles. The normalized spacial score (nSPS) is 14.5. The Bertz CT molecular complexity index is 872. The lowest BCUT2D eigenvalue weighted by molar-refractivity contribution is -0.142. The van der Waals surface area contributed by atoms with Crippen LogP contribution in [0.4, 0.5) is 0 Å². The highest BCUT2D eigenvalue weighted by molar-refractivity contribution is 5.96. The van der Waals surface area contributed by atoms with E-state index in [0.717, 1.165) is 0 Å². The van der Waals surface area contributed by atoms with Gasteiger partial charge in [0.15, 0.2) is 0 Å². The summed E-state index contributed by atoms with van der Waals surface area (Å²) >= 11 is 0. The van der Waals surface area contributed by atoms with Crippen LogP contribution in [0.1, 0.15) is 32.8 Å². The molecule has 0 saturated carbocycles. The zero-order valence-corrected chi connectivity index (χ0v) is 18.7. The first-order chi connectivity index (χ1) is 15.3. The van der Waals surface area contributed by atoms with Crippen LogP contribution in [0.3, 0.4) is 0 Å². The molecule has 0 radical (unpaired) electrons. The minimum atomic E-state index is -1.40. The zero-order chi connectivity index (χ0) is 25.3. The van der Waals surface area contributed by atoms with Crippen LogP contribution in [-0.2, 0) is 30.4 Å². The number of carboxylic acids is 1. The molecule has 182 valence electrons. The van der Waals surface area contributed by atoms with Crippen molar-refractivity contribution in [2.45, 2.75) is 57.8 Å². The fourth-order valence-corrected chi connectivity index (χ4v) is 2.82. The van der Waals surface area contributed by atoms with Crippen LogP contribution in [0.25, 0.3) is 0 Å². The number of aromatic hydroxyl groups is 1. The second-order valence-corrected chi connectivity index (χ2v) is 8.01. The maximum absolute atomic E-state index is 12.8. The molecular weight excluding hydrogens is 434 g/mol. The fourth-order valence-electron chi connectivity index (χ4n) is 2.82. The molecule has 4 atom stereocenters. The number of aliphatic carboxylic acids is 1. The van der Waals surface area contributed by atoms with Gasteiger partial charge in [0.25, 0.3) is 0 Å². The van der Waals surface area contributed by atoms with E-state index in [1.165, 1.54) is 19.1 Å². The number of primary amides is 1. The second-order valence-electron chi connectivity index (χ2n) is 8.01. The zero-order valence-electron chi connectivity index (χ0n) is 18.7. The third kappa shape index (κ3) is 9.15. The van der Waals surface area contributed by atoms with Crippen LogP contribution < -0.4 is 27.4 Å². The summed E-state index contributed by atoms with van der Waals surface area (Å²) in [5, 5.41) is 25.4. The predicted molar refractivity (Wildman–Crippen MR) is 118 cm³/mol. The van der Waals surface area contributed by atoms with E-state index in [2.05, 4.69) is 16.0 Å². The highest BCUT2D eigenvalue weighted by atomic mass is 16.4. The van der Waals surface area contributed by atoms with E-state index in [1.54, 1.807) is 26.0 Å². The Hall–Kier alpha value is -3.67. The van der Waals surface area contributed by atoms with Gasteiger partial charge in [-0.05, 0) is 37.0 Å². The molecule has 4 amide bonds. The summed E-state index contributed by atoms with van der Waals surface area (Å²) in [5.74, 6) is -4.81. The van der Waals surface area contributed by atoms with Crippen LogP contribution in [0.15, 0.2) is 24.3 Å². The molecule has 1 rings (SSSR count). The van der Waals surface area contributed by atoms with Crippen molar-refractivity contribution in [3.8, 4) is 5.75 Å². The highest BCUT2D eigenvalue weighted by Gasteiger charge is 2.31. The number of carbonyl (C=O) groups excluding carboxylic acids is 4. The van der Waals surface area contributed by atoms with Gasteiger partial charge in [-0.15, -0.1) is 0 Å². The number of rotatable bonds is 12. The van der Waals surface area contributed by atoms with Gasteiger partial charge in [-0.2, -0.15) is 0 Å². The van der Waals surface area contributed by atoms with E-state index < -0.39 is 66.1 Å². The Morgan fingerprint density at radius 3 is 1.97 bits per heavy atom. The molecule has 1 aromatic rings. The minimum Gasteiger partial charge on any atom is -0.508 e. The third-order valence-electron chi connectivity index (χ3n) is 4.74. The number of phenolic OH excluding ortho intramolecular Hbond substituents is 1. The molecule has 0 spiro atoms. The maximum Gasteiger partial charge on any atom is 0.325 e. The van der Waals surface area contributed by atoms with E-state index in [0.29, 0.717) is 5.56 Å². The number of benzene rings is 1. The van der Waals surface area contributed by atoms with Gasteiger partial charge in [-0.1, -0.05) is 26.0 Å². The Morgan fingerprint density at radius 1 is 0.909 bits per heavy atom. The van der Waals surface area contributed by atoms with Crippen molar-refractivity contribution in [1.29, 1.82) is 0 Å². The molecule has 4 unspecified atom stereocenters. The number of nitrogens with one attached hydrogen (secondary N) is 3. The predicted octanol–water partition coefficient (Wildman–Crippen LogP) is -1.65. The maximum atomic E-state index is 12.8. The largest absolute Gasteiger partial charge is 0.508 e. The highest BCUT2D eigenvalue weighted by Crippen LogP contribution is 2.11. The van der Waals surface area contributed by atoms with Crippen LogP contribution in [0.5, 0.6) is 5.75 Å². The number of amides is 4. The molecule has 12 heteroatoms. The molecule has 0 heterocycles. The lowest BCUT2D eigenvalue weighted by atomic mass is 10.0. The molecule has 0 aliphatic rings. The summed E-state index contributed by atoms with van der Waals surface area (Å²) in [7, 11) is 0. The molecule has 33 heavy (non-hydrogen) atoms. The molecule has 0 aliphatic carbocycles.